The van der Waals surface area contributed by atoms with Gasteiger partial charge in [0.15, 0.2) is 0 Å². The molecule has 0 saturated carbocycles. The average Bonchev–Trinajstić information content (AvgIpc) is 1.94. The van der Waals surface area contributed by atoms with Crippen molar-refractivity contribution in [3.8, 4) is 12.3 Å². The fourth-order valence-electron chi connectivity index (χ4n) is 0.756. The van der Waals surface area contributed by atoms with Crippen LogP contribution in [0.4, 0.5) is 0 Å². The maximum atomic E-state index is 11.1. The van der Waals surface area contributed by atoms with Gasteiger partial charge in [0, 0.05) is 11.8 Å². The Kier molecular flexibility index (Phi) is 2.47. The summed E-state index contributed by atoms with van der Waals surface area (Å²) in [6.07, 6.45) is 11.2. The van der Waals surface area contributed by atoms with Gasteiger partial charge in [-0.3, -0.25) is 4.21 Å². The zero-order valence-corrected chi connectivity index (χ0v) is 6.30. The monoisotopic (exact) mass is 152 g/mol. The first-order valence-electron chi connectivity index (χ1n) is 3.02. The predicted octanol–water partition coefficient (Wildman–Crippen LogP) is 1.21. The number of terminal acetylenes is 1. The number of rotatable bonds is 1. The summed E-state index contributed by atoms with van der Waals surface area (Å²) >= 11 is 0. The topological polar surface area (TPSA) is 17.1 Å². The quantitative estimate of drug-likeness (QED) is 0.516. The van der Waals surface area contributed by atoms with Crippen molar-refractivity contribution < 1.29 is 4.21 Å². The Bertz CT molecular complexity index is 232. The van der Waals surface area contributed by atoms with Gasteiger partial charge < -0.3 is 0 Å². The highest BCUT2D eigenvalue weighted by Crippen LogP contribution is 2.09. The van der Waals surface area contributed by atoms with E-state index in [2.05, 4.69) is 5.92 Å². The minimum Gasteiger partial charge on any atom is -0.254 e. The molecule has 2 unspecified atom stereocenters. The molecule has 1 heterocycles. The molecule has 1 rings (SSSR count). The van der Waals surface area contributed by atoms with E-state index in [1.807, 2.05) is 12.2 Å². The second-order valence-electron chi connectivity index (χ2n) is 1.99. The molecule has 1 aliphatic rings. The number of hydrogen-bond donors (Lipinski definition) is 0. The van der Waals surface area contributed by atoms with Gasteiger partial charge in [0.05, 0.1) is 16.0 Å². The van der Waals surface area contributed by atoms with Crippen LogP contribution in [0, 0.1) is 12.3 Å². The lowest BCUT2D eigenvalue weighted by Crippen LogP contribution is -2.10. The molecule has 52 valence electrons. The summed E-state index contributed by atoms with van der Waals surface area (Å²) < 4.78 is 11.1. The fraction of sp³-hybridized carbons (Fsp3) is 0.250. The Balaban J connectivity index is 2.63. The van der Waals surface area contributed by atoms with Crippen molar-refractivity contribution in [3.63, 3.8) is 0 Å². The zero-order valence-electron chi connectivity index (χ0n) is 5.49. The van der Waals surface area contributed by atoms with Crippen LogP contribution in [0.3, 0.4) is 0 Å². The largest absolute Gasteiger partial charge is 0.254 e. The molecule has 1 nitrogen and oxygen atoms in total. The molecule has 0 radical (unpaired) electrons. The molecule has 0 saturated heterocycles. The van der Waals surface area contributed by atoms with E-state index in [4.69, 9.17) is 6.42 Å². The second kappa shape index (κ2) is 3.38. The van der Waals surface area contributed by atoms with Gasteiger partial charge in [0.2, 0.25) is 0 Å². The molecule has 0 bridgehead atoms. The third-order valence-electron chi connectivity index (χ3n) is 1.27. The Labute approximate surface area is 63.3 Å². The van der Waals surface area contributed by atoms with Crippen LogP contribution < -0.4 is 0 Å². The van der Waals surface area contributed by atoms with Gasteiger partial charge in [-0.05, 0) is 0 Å². The maximum Gasteiger partial charge on any atom is 0.0680 e. The first-order valence-corrected chi connectivity index (χ1v) is 4.30. The van der Waals surface area contributed by atoms with Gasteiger partial charge in [0.1, 0.15) is 0 Å². The van der Waals surface area contributed by atoms with Crippen molar-refractivity contribution in [1.29, 1.82) is 0 Å². The van der Waals surface area contributed by atoms with Crippen LogP contribution in [-0.2, 0) is 10.8 Å². The summed E-state index contributed by atoms with van der Waals surface area (Å²) in [5.74, 6) is 2.49. The first-order chi connectivity index (χ1) is 4.84. The molecular formula is C8H8OS. The zero-order chi connectivity index (χ0) is 7.40. The molecule has 0 spiro atoms. The molecular weight excluding hydrogens is 144 g/mol. The predicted molar refractivity (Wildman–Crippen MR) is 43.7 cm³/mol. The molecule has 0 fully saturated rings. The summed E-state index contributed by atoms with van der Waals surface area (Å²) in [6, 6.07) is 0. The number of hydrogen-bond acceptors (Lipinski definition) is 1. The van der Waals surface area contributed by atoms with Crippen molar-refractivity contribution in [2.75, 3.05) is 0 Å². The Morgan fingerprint density at radius 3 is 3.00 bits per heavy atom. The highest BCUT2D eigenvalue weighted by atomic mass is 32.2. The minimum atomic E-state index is -0.888. The normalized spacial score (nSPS) is 29.9. The third kappa shape index (κ3) is 1.58. The minimum absolute atomic E-state index is 0.0370. The summed E-state index contributed by atoms with van der Waals surface area (Å²) in [5.41, 5.74) is 0. The molecule has 1 aliphatic heterocycles. The van der Waals surface area contributed by atoms with E-state index in [0.717, 1.165) is 0 Å². The summed E-state index contributed by atoms with van der Waals surface area (Å²) in [4.78, 5) is 0. The molecule has 0 N–H and O–H groups in total. The second-order valence-corrected chi connectivity index (χ2v) is 3.52. The molecule has 0 aromatic heterocycles. The highest BCUT2D eigenvalue weighted by molar-refractivity contribution is 7.88. The van der Waals surface area contributed by atoms with Crippen molar-refractivity contribution >= 4 is 10.8 Å². The van der Waals surface area contributed by atoms with Crippen LogP contribution in [0.5, 0.6) is 0 Å². The average molecular weight is 152 g/mol. The van der Waals surface area contributed by atoms with E-state index >= 15 is 0 Å². The third-order valence-corrected chi connectivity index (χ3v) is 2.61. The summed E-state index contributed by atoms with van der Waals surface area (Å²) in [7, 11) is -0.888. The standard InChI is InChI=1S/C8H8OS/c1-2-5-8-6-3-4-7-10(8)9/h1,3-4,6-8H,5H2. The van der Waals surface area contributed by atoms with Crippen LogP contribution in [0.25, 0.3) is 0 Å². The van der Waals surface area contributed by atoms with Gasteiger partial charge in [-0.2, -0.15) is 0 Å². The molecule has 0 amide bonds. The van der Waals surface area contributed by atoms with Gasteiger partial charge in [-0.25, -0.2) is 0 Å². The Morgan fingerprint density at radius 2 is 2.40 bits per heavy atom. The van der Waals surface area contributed by atoms with Crippen LogP contribution in [0.15, 0.2) is 23.6 Å². The van der Waals surface area contributed by atoms with E-state index in [-0.39, 0.29) is 5.25 Å². The van der Waals surface area contributed by atoms with Crippen LogP contribution in [-0.4, -0.2) is 9.46 Å². The Hall–Kier alpha value is -0.810. The van der Waals surface area contributed by atoms with Gasteiger partial charge in [0.25, 0.3) is 0 Å². The fourth-order valence-corrected chi connectivity index (χ4v) is 1.71. The van der Waals surface area contributed by atoms with Crippen molar-refractivity contribution in [1.82, 2.24) is 0 Å². The molecule has 10 heavy (non-hydrogen) atoms. The molecule has 2 heteroatoms. The van der Waals surface area contributed by atoms with Crippen molar-refractivity contribution in [3.05, 3.63) is 23.6 Å². The Morgan fingerprint density at radius 1 is 1.60 bits per heavy atom. The smallest absolute Gasteiger partial charge is 0.0680 e. The molecule has 0 aliphatic carbocycles. The van der Waals surface area contributed by atoms with E-state index < -0.39 is 10.8 Å². The van der Waals surface area contributed by atoms with E-state index in [1.54, 1.807) is 11.5 Å². The lowest BCUT2D eigenvalue weighted by atomic mass is 10.3. The maximum absolute atomic E-state index is 11.1. The van der Waals surface area contributed by atoms with Gasteiger partial charge in [-0.1, -0.05) is 18.2 Å². The summed E-state index contributed by atoms with van der Waals surface area (Å²) in [6.45, 7) is 0. The molecule has 2 atom stereocenters. The number of allylic oxidation sites excluding steroid dienone is 2. The van der Waals surface area contributed by atoms with E-state index in [9.17, 15) is 4.21 Å². The lowest BCUT2D eigenvalue weighted by molar-refractivity contribution is 0.683. The van der Waals surface area contributed by atoms with Gasteiger partial charge >= 0.3 is 0 Å². The lowest BCUT2D eigenvalue weighted by Gasteiger charge is -2.07. The van der Waals surface area contributed by atoms with Gasteiger partial charge in [-0.15, -0.1) is 12.3 Å². The van der Waals surface area contributed by atoms with Crippen molar-refractivity contribution in [2.24, 2.45) is 0 Å². The SMILES string of the molecule is C#CCC1C=CC=CS1=O. The van der Waals surface area contributed by atoms with Crippen LogP contribution in [0.1, 0.15) is 6.42 Å². The van der Waals surface area contributed by atoms with Crippen LogP contribution in [0.2, 0.25) is 0 Å². The molecule has 0 aromatic carbocycles. The van der Waals surface area contributed by atoms with E-state index in [1.165, 1.54) is 0 Å². The highest BCUT2D eigenvalue weighted by Gasteiger charge is 2.10. The first kappa shape index (κ1) is 7.30. The van der Waals surface area contributed by atoms with Crippen molar-refractivity contribution in [2.45, 2.75) is 11.7 Å². The van der Waals surface area contributed by atoms with E-state index in [0.29, 0.717) is 6.42 Å². The molecule has 0 aromatic rings. The van der Waals surface area contributed by atoms with Crippen LogP contribution >= 0.6 is 0 Å². The summed E-state index contributed by atoms with van der Waals surface area (Å²) in [5, 5.41) is 1.71.